The SMILES string of the molecule is CC(C)OC(=O)C1CCN(C)CC1. The van der Waals surface area contributed by atoms with Crippen molar-refractivity contribution < 1.29 is 9.53 Å². The Morgan fingerprint density at radius 3 is 2.38 bits per heavy atom. The number of esters is 1. The fraction of sp³-hybridized carbons (Fsp3) is 0.900. The molecule has 1 heterocycles. The molecule has 1 saturated heterocycles. The average molecular weight is 185 g/mol. The Morgan fingerprint density at radius 1 is 1.38 bits per heavy atom. The number of nitrogens with zero attached hydrogens (tertiary/aromatic N) is 1. The molecule has 1 rings (SSSR count). The molecule has 0 aliphatic carbocycles. The van der Waals surface area contributed by atoms with Crippen molar-refractivity contribution >= 4 is 5.97 Å². The second-order valence-corrected chi connectivity index (χ2v) is 4.06. The highest BCUT2D eigenvalue weighted by atomic mass is 16.5. The summed E-state index contributed by atoms with van der Waals surface area (Å²) in [5, 5.41) is 0. The minimum absolute atomic E-state index is 0.0110. The lowest BCUT2D eigenvalue weighted by Crippen LogP contribution is -2.35. The average Bonchev–Trinajstić information content (AvgIpc) is 2.04. The molecule has 3 nitrogen and oxygen atoms in total. The van der Waals surface area contributed by atoms with Gasteiger partial charge in [-0.2, -0.15) is 0 Å². The van der Waals surface area contributed by atoms with Gasteiger partial charge in [0.25, 0.3) is 0 Å². The van der Waals surface area contributed by atoms with Crippen molar-refractivity contribution in [3.8, 4) is 0 Å². The molecule has 0 atom stereocenters. The first kappa shape index (κ1) is 10.5. The Labute approximate surface area is 80.1 Å². The van der Waals surface area contributed by atoms with E-state index in [0.29, 0.717) is 0 Å². The molecule has 0 spiro atoms. The molecule has 0 saturated carbocycles. The van der Waals surface area contributed by atoms with Crippen LogP contribution in [0.5, 0.6) is 0 Å². The molecule has 0 aromatic heterocycles. The third-order valence-electron chi connectivity index (χ3n) is 2.40. The van der Waals surface area contributed by atoms with Crippen molar-refractivity contribution in [2.24, 2.45) is 5.92 Å². The second kappa shape index (κ2) is 4.61. The van der Waals surface area contributed by atoms with Crippen LogP contribution >= 0.6 is 0 Å². The highest BCUT2D eigenvalue weighted by Crippen LogP contribution is 2.17. The number of hydrogen-bond donors (Lipinski definition) is 0. The first-order chi connectivity index (χ1) is 6.09. The zero-order valence-electron chi connectivity index (χ0n) is 8.75. The number of carbonyl (C=O) groups excluding carboxylic acids is 1. The third kappa shape index (κ3) is 3.35. The Balaban J connectivity index is 2.31. The first-order valence-corrected chi connectivity index (χ1v) is 4.98. The van der Waals surface area contributed by atoms with E-state index >= 15 is 0 Å². The molecule has 0 bridgehead atoms. The summed E-state index contributed by atoms with van der Waals surface area (Å²) in [4.78, 5) is 13.7. The van der Waals surface area contributed by atoms with Gasteiger partial charge >= 0.3 is 5.97 Å². The summed E-state index contributed by atoms with van der Waals surface area (Å²) in [6, 6.07) is 0. The van der Waals surface area contributed by atoms with Gasteiger partial charge in [0, 0.05) is 0 Å². The summed E-state index contributed by atoms with van der Waals surface area (Å²) >= 11 is 0. The van der Waals surface area contributed by atoms with Crippen LogP contribution < -0.4 is 0 Å². The molecule has 76 valence electrons. The minimum atomic E-state index is -0.0110. The Hall–Kier alpha value is -0.570. The number of ether oxygens (including phenoxy) is 1. The van der Waals surface area contributed by atoms with Gasteiger partial charge in [-0.1, -0.05) is 0 Å². The maximum Gasteiger partial charge on any atom is 0.309 e. The molecule has 0 aromatic rings. The number of likely N-dealkylation sites (tertiary alicyclic amines) is 1. The van der Waals surface area contributed by atoms with Crippen LogP contribution in [0.4, 0.5) is 0 Å². The van der Waals surface area contributed by atoms with Gasteiger partial charge in [-0.25, -0.2) is 0 Å². The standard InChI is InChI=1S/C10H19NO2/c1-8(2)13-10(12)9-4-6-11(3)7-5-9/h8-9H,4-7H2,1-3H3. The summed E-state index contributed by atoms with van der Waals surface area (Å²) < 4.78 is 5.17. The molecule has 1 aliphatic rings. The summed E-state index contributed by atoms with van der Waals surface area (Å²) in [5.74, 6) is 0.127. The van der Waals surface area contributed by atoms with Gasteiger partial charge in [-0.15, -0.1) is 0 Å². The fourth-order valence-corrected chi connectivity index (χ4v) is 1.57. The highest BCUT2D eigenvalue weighted by molar-refractivity contribution is 5.72. The zero-order chi connectivity index (χ0) is 9.84. The van der Waals surface area contributed by atoms with Crippen LogP contribution in [-0.4, -0.2) is 37.1 Å². The monoisotopic (exact) mass is 185 g/mol. The smallest absolute Gasteiger partial charge is 0.309 e. The van der Waals surface area contributed by atoms with Crippen LogP contribution in [-0.2, 0) is 9.53 Å². The lowest BCUT2D eigenvalue weighted by atomic mass is 9.97. The van der Waals surface area contributed by atoms with Gasteiger partial charge in [-0.05, 0) is 46.8 Å². The Kier molecular flexibility index (Phi) is 3.72. The van der Waals surface area contributed by atoms with Gasteiger partial charge in [-0.3, -0.25) is 4.79 Å². The molecule has 13 heavy (non-hydrogen) atoms. The van der Waals surface area contributed by atoms with E-state index in [4.69, 9.17) is 4.74 Å². The topological polar surface area (TPSA) is 29.5 Å². The number of hydrogen-bond acceptors (Lipinski definition) is 3. The van der Waals surface area contributed by atoms with E-state index in [9.17, 15) is 4.79 Å². The number of rotatable bonds is 2. The van der Waals surface area contributed by atoms with E-state index in [0.717, 1.165) is 25.9 Å². The quantitative estimate of drug-likeness (QED) is 0.607. The number of carbonyl (C=O) groups is 1. The molecule has 0 unspecified atom stereocenters. The zero-order valence-corrected chi connectivity index (χ0v) is 8.75. The summed E-state index contributed by atoms with van der Waals surface area (Å²) in [6.45, 7) is 5.81. The highest BCUT2D eigenvalue weighted by Gasteiger charge is 2.24. The van der Waals surface area contributed by atoms with Crippen LogP contribution in [0.1, 0.15) is 26.7 Å². The van der Waals surface area contributed by atoms with Gasteiger partial charge in [0.2, 0.25) is 0 Å². The molecular weight excluding hydrogens is 166 g/mol. The predicted molar refractivity (Wildman–Crippen MR) is 51.4 cm³/mol. The largest absolute Gasteiger partial charge is 0.463 e. The second-order valence-electron chi connectivity index (χ2n) is 4.06. The Morgan fingerprint density at radius 2 is 1.92 bits per heavy atom. The summed E-state index contributed by atoms with van der Waals surface area (Å²) in [5.41, 5.74) is 0. The molecule has 0 aromatic carbocycles. The maximum absolute atomic E-state index is 11.5. The third-order valence-corrected chi connectivity index (χ3v) is 2.40. The molecule has 1 aliphatic heterocycles. The van der Waals surface area contributed by atoms with Crippen molar-refractivity contribution in [1.82, 2.24) is 4.90 Å². The maximum atomic E-state index is 11.5. The van der Waals surface area contributed by atoms with Crippen molar-refractivity contribution in [3.05, 3.63) is 0 Å². The van der Waals surface area contributed by atoms with Crippen molar-refractivity contribution in [2.75, 3.05) is 20.1 Å². The normalized spacial score (nSPS) is 20.6. The van der Waals surface area contributed by atoms with E-state index in [1.807, 2.05) is 13.8 Å². The number of piperidine rings is 1. The van der Waals surface area contributed by atoms with Crippen LogP contribution in [0.2, 0.25) is 0 Å². The van der Waals surface area contributed by atoms with Crippen LogP contribution in [0.3, 0.4) is 0 Å². The van der Waals surface area contributed by atoms with Crippen molar-refractivity contribution in [1.29, 1.82) is 0 Å². The van der Waals surface area contributed by atoms with E-state index < -0.39 is 0 Å². The minimum Gasteiger partial charge on any atom is -0.463 e. The lowest BCUT2D eigenvalue weighted by Gasteiger charge is -2.27. The first-order valence-electron chi connectivity index (χ1n) is 4.98. The molecule has 3 heteroatoms. The van der Waals surface area contributed by atoms with Gasteiger partial charge in [0.05, 0.1) is 12.0 Å². The van der Waals surface area contributed by atoms with E-state index in [1.54, 1.807) is 0 Å². The summed E-state index contributed by atoms with van der Waals surface area (Å²) in [6.07, 6.45) is 1.91. The summed E-state index contributed by atoms with van der Waals surface area (Å²) in [7, 11) is 2.09. The lowest BCUT2D eigenvalue weighted by molar-refractivity contribution is -0.153. The van der Waals surface area contributed by atoms with Gasteiger partial charge < -0.3 is 9.64 Å². The fourth-order valence-electron chi connectivity index (χ4n) is 1.57. The predicted octanol–water partition coefficient (Wildman–Crippen LogP) is 1.28. The molecular formula is C10H19NO2. The molecule has 0 radical (unpaired) electrons. The van der Waals surface area contributed by atoms with Gasteiger partial charge in [0.1, 0.15) is 0 Å². The van der Waals surface area contributed by atoms with Crippen LogP contribution in [0.25, 0.3) is 0 Å². The molecule has 0 N–H and O–H groups in total. The van der Waals surface area contributed by atoms with Crippen LogP contribution in [0, 0.1) is 5.92 Å². The van der Waals surface area contributed by atoms with Crippen molar-refractivity contribution in [2.45, 2.75) is 32.8 Å². The van der Waals surface area contributed by atoms with E-state index in [2.05, 4.69) is 11.9 Å². The van der Waals surface area contributed by atoms with E-state index in [1.165, 1.54) is 0 Å². The van der Waals surface area contributed by atoms with E-state index in [-0.39, 0.29) is 18.0 Å². The molecule has 0 amide bonds. The molecule has 1 fully saturated rings. The van der Waals surface area contributed by atoms with Gasteiger partial charge in [0.15, 0.2) is 0 Å². The van der Waals surface area contributed by atoms with Crippen LogP contribution in [0.15, 0.2) is 0 Å². The van der Waals surface area contributed by atoms with Crippen molar-refractivity contribution in [3.63, 3.8) is 0 Å². The Bertz CT molecular complexity index is 172.